The molecule has 2 heterocycles. The van der Waals surface area contributed by atoms with Crippen molar-refractivity contribution in [1.29, 1.82) is 0 Å². The van der Waals surface area contributed by atoms with E-state index in [0.717, 1.165) is 37.9 Å². The van der Waals surface area contributed by atoms with Crippen LogP contribution in [0.2, 0.25) is 0 Å². The molecule has 0 amide bonds. The highest BCUT2D eigenvalue weighted by Crippen LogP contribution is 2.13. The average molecular weight is 338 g/mol. The lowest BCUT2D eigenvalue weighted by molar-refractivity contribution is 0.253. The molecule has 0 fully saturated rings. The Kier molecular flexibility index (Phi) is 7.58. The third-order valence-corrected chi connectivity index (χ3v) is 4.37. The summed E-state index contributed by atoms with van der Waals surface area (Å²) in [4.78, 5) is 13.3. The summed E-state index contributed by atoms with van der Waals surface area (Å²) in [6.07, 6.45) is 0. The number of hydrogen-bond acceptors (Lipinski definition) is 8. The molecular formula is C16H30N6O2. The monoisotopic (exact) mass is 338 g/mol. The van der Waals surface area contributed by atoms with Crippen molar-refractivity contribution in [3.05, 3.63) is 0 Å². The van der Waals surface area contributed by atoms with Gasteiger partial charge in [-0.25, -0.2) is 0 Å². The quantitative estimate of drug-likeness (QED) is 0.553. The van der Waals surface area contributed by atoms with Crippen LogP contribution in [0.15, 0.2) is 20.2 Å². The zero-order valence-corrected chi connectivity index (χ0v) is 14.8. The van der Waals surface area contributed by atoms with Gasteiger partial charge in [0, 0.05) is 38.0 Å². The van der Waals surface area contributed by atoms with E-state index in [0.29, 0.717) is 26.2 Å². The lowest BCUT2D eigenvalue weighted by Crippen LogP contribution is -2.35. The molecule has 0 radical (unpaired) electrons. The van der Waals surface area contributed by atoms with E-state index >= 15 is 0 Å². The number of hydrogen-bond donors (Lipinski definition) is 2. The summed E-state index contributed by atoms with van der Waals surface area (Å²) in [5.41, 5.74) is 0. The first kappa shape index (κ1) is 18.8. The highest BCUT2D eigenvalue weighted by atomic mass is 16.3. The Morgan fingerprint density at radius 1 is 0.875 bits per heavy atom. The molecule has 0 bridgehead atoms. The van der Waals surface area contributed by atoms with Crippen molar-refractivity contribution in [2.24, 2.45) is 32.0 Å². The van der Waals surface area contributed by atoms with Gasteiger partial charge in [0.25, 0.3) is 0 Å². The highest BCUT2D eigenvalue weighted by molar-refractivity contribution is 5.86. The van der Waals surface area contributed by atoms with Gasteiger partial charge in [0.05, 0.1) is 39.4 Å². The van der Waals surface area contributed by atoms with Crippen molar-refractivity contribution in [2.75, 3.05) is 65.6 Å². The normalized spacial score (nSPS) is 20.7. The Morgan fingerprint density at radius 3 is 1.67 bits per heavy atom. The first-order chi connectivity index (χ1) is 11.7. The van der Waals surface area contributed by atoms with Gasteiger partial charge >= 0.3 is 0 Å². The Labute approximate surface area is 144 Å². The molecular weight excluding hydrogens is 308 g/mol. The summed E-state index contributed by atoms with van der Waals surface area (Å²) in [5, 5.41) is 26.8. The molecule has 0 spiro atoms. The van der Waals surface area contributed by atoms with Crippen LogP contribution in [0.5, 0.6) is 0 Å². The van der Waals surface area contributed by atoms with E-state index in [1.165, 1.54) is 0 Å². The van der Waals surface area contributed by atoms with Gasteiger partial charge in [-0.15, -0.1) is 0 Å². The van der Waals surface area contributed by atoms with Crippen molar-refractivity contribution in [1.82, 2.24) is 9.80 Å². The molecule has 2 unspecified atom stereocenters. The molecule has 2 N–H and O–H groups in total. The number of azo groups is 1. The third kappa shape index (κ3) is 4.98. The van der Waals surface area contributed by atoms with Crippen LogP contribution < -0.4 is 0 Å². The number of rotatable bonds is 10. The number of aliphatic imine (C=N–C) groups is 2. The van der Waals surface area contributed by atoms with E-state index in [1.54, 1.807) is 0 Å². The molecule has 8 heteroatoms. The predicted molar refractivity (Wildman–Crippen MR) is 94.8 cm³/mol. The molecule has 0 saturated heterocycles. The fourth-order valence-electron chi connectivity index (χ4n) is 3.15. The van der Waals surface area contributed by atoms with Gasteiger partial charge in [-0.3, -0.25) is 9.98 Å². The molecule has 2 rings (SSSR count). The van der Waals surface area contributed by atoms with Gasteiger partial charge in [-0.2, -0.15) is 10.2 Å². The first-order valence-electron chi connectivity index (χ1n) is 8.81. The minimum atomic E-state index is 0.150. The van der Waals surface area contributed by atoms with Crippen LogP contribution in [0.1, 0.15) is 13.8 Å². The van der Waals surface area contributed by atoms with Crippen LogP contribution in [0.4, 0.5) is 0 Å². The minimum absolute atomic E-state index is 0.150. The van der Waals surface area contributed by atoms with Crippen LogP contribution in [-0.2, 0) is 0 Å². The van der Waals surface area contributed by atoms with Crippen LogP contribution in [0.25, 0.3) is 0 Å². The Morgan fingerprint density at radius 2 is 1.29 bits per heavy atom. The molecule has 2 aliphatic heterocycles. The lowest BCUT2D eigenvalue weighted by Gasteiger charge is -2.23. The second-order valence-corrected chi connectivity index (χ2v) is 6.35. The van der Waals surface area contributed by atoms with E-state index in [4.69, 9.17) is 10.2 Å². The van der Waals surface area contributed by atoms with Gasteiger partial charge in [0.2, 0.25) is 0 Å². The molecule has 24 heavy (non-hydrogen) atoms. The van der Waals surface area contributed by atoms with Gasteiger partial charge in [0.1, 0.15) is 11.7 Å². The molecule has 136 valence electrons. The van der Waals surface area contributed by atoms with Gasteiger partial charge in [0.15, 0.2) is 0 Å². The van der Waals surface area contributed by atoms with Gasteiger partial charge < -0.3 is 20.0 Å². The molecule has 0 saturated carbocycles. The third-order valence-electron chi connectivity index (χ3n) is 4.37. The summed E-state index contributed by atoms with van der Waals surface area (Å²) in [6.45, 7) is 10.4. The molecule has 0 aliphatic carbocycles. The molecule has 2 atom stereocenters. The van der Waals surface area contributed by atoms with Crippen molar-refractivity contribution in [3.63, 3.8) is 0 Å². The fourth-order valence-corrected chi connectivity index (χ4v) is 3.15. The highest BCUT2D eigenvalue weighted by Gasteiger charge is 2.23. The zero-order valence-electron chi connectivity index (χ0n) is 14.8. The van der Waals surface area contributed by atoms with E-state index in [2.05, 4.69) is 43.9 Å². The minimum Gasteiger partial charge on any atom is -0.395 e. The number of aliphatic hydroxyl groups excluding tert-OH is 2. The van der Waals surface area contributed by atoms with E-state index < -0.39 is 0 Å². The largest absolute Gasteiger partial charge is 0.395 e. The summed E-state index contributed by atoms with van der Waals surface area (Å²) in [5.74, 6) is 2.50. The second kappa shape index (κ2) is 9.68. The van der Waals surface area contributed by atoms with Crippen molar-refractivity contribution in [3.8, 4) is 0 Å². The molecule has 0 aromatic heterocycles. The van der Waals surface area contributed by atoms with Crippen molar-refractivity contribution in [2.45, 2.75) is 13.8 Å². The second-order valence-electron chi connectivity index (χ2n) is 6.35. The topological polar surface area (TPSA) is 96.4 Å². The predicted octanol–water partition coefficient (Wildman–Crippen LogP) is 0.124. The summed E-state index contributed by atoms with van der Waals surface area (Å²) in [7, 11) is 0. The Bertz CT molecular complexity index is 437. The number of nitrogens with zero attached hydrogens (tertiary/aromatic N) is 6. The summed E-state index contributed by atoms with van der Waals surface area (Å²) < 4.78 is 0. The van der Waals surface area contributed by atoms with E-state index in [9.17, 15) is 0 Å². The smallest absolute Gasteiger partial charge is 0.104 e. The first-order valence-corrected chi connectivity index (χ1v) is 8.81. The molecule has 0 aromatic rings. The molecule has 2 aliphatic rings. The van der Waals surface area contributed by atoms with Crippen molar-refractivity contribution >= 4 is 11.7 Å². The van der Waals surface area contributed by atoms with E-state index in [-0.39, 0.29) is 25.0 Å². The van der Waals surface area contributed by atoms with Gasteiger partial charge in [-0.1, -0.05) is 13.8 Å². The summed E-state index contributed by atoms with van der Waals surface area (Å²) in [6, 6.07) is 0. The maximum Gasteiger partial charge on any atom is 0.104 e. The van der Waals surface area contributed by atoms with Crippen LogP contribution in [-0.4, -0.2) is 97.3 Å². The van der Waals surface area contributed by atoms with Crippen LogP contribution in [0, 0.1) is 11.8 Å². The lowest BCUT2D eigenvalue weighted by atomic mass is 10.1. The Hall–Kier alpha value is -1.54. The standard InChI is InChI=1S/C16H30N6O2/c1-13(15-17-3-5-21(15)7-9-23)11-19-20-12-14(2)16-18-4-6-22(16)8-10-24/h13-14,23-24H,3-12H2,1-2H3/b20-19+. The number of β-amino-alcohol motifs (C(OH)–C–C–N with tert-alkyl or cyclic N) is 2. The summed E-state index contributed by atoms with van der Waals surface area (Å²) >= 11 is 0. The van der Waals surface area contributed by atoms with Crippen LogP contribution >= 0.6 is 0 Å². The average Bonchev–Trinajstić information content (AvgIpc) is 3.21. The van der Waals surface area contributed by atoms with Crippen LogP contribution in [0.3, 0.4) is 0 Å². The Balaban J connectivity index is 1.76. The molecule has 0 aromatic carbocycles. The SMILES string of the molecule is CC(C/N=N/CC(C)C1=NCCN1CCO)C1=NCCN1CCO. The zero-order chi connectivity index (χ0) is 17.4. The number of amidine groups is 2. The number of aliphatic hydroxyl groups is 2. The fraction of sp³-hybridized carbons (Fsp3) is 0.875. The maximum absolute atomic E-state index is 9.10. The molecule has 8 nitrogen and oxygen atoms in total. The van der Waals surface area contributed by atoms with Gasteiger partial charge in [-0.05, 0) is 0 Å². The van der Waals surface area contributed by atoms with E-state index in [1.807, 2.05) is 0 Å². The van der Waals surface area contributed by atoms with Crippen molar-refractivity contribution < 1.29 is 10.2 Å². The maximum atomic E-state index is 9.10.